The number of rotatable bonds is 3. The second-order valence-corrected chi connectivity index (χ2v) is 5.77. The predicted molar refractivity (Wildman–Crippen MR) is 86.8 cm³/mol. The van der Waals surface area contributed by atoms with Crippen LogP contribution in [0.3, 0.4) is 0 Å². The first-order chi connectivity index (χ1) is 11.2. The lowest BCUT2D eigenvalue weighted by Gasteiger charge is -2.29. The van der Waals surface area contributed by atoms with Crippen LogP contribution in [0.1, 0.15) is 18.4 Å². The third kappa shape index (κ3) is 3.59. The first-order valence-electron chi connectivity index (χ1n) is 7.87. The normalized spacial score (nSPS) is 20.6. The van der Waals surface area contributed by atoms with Crippen LogP contribution in [0, 0.1) is 0 Å². The van der Waals surface area contributed by atoms with Gasteiger partial charge < -0.3 is 24.8 Å². The van der Waals surface area contributed by atoms with E-state index in [1.165, 1.54) is 0 Å². The van der Waals surface area contributed by atoms with Crippen LogP contribution in [0.25, 0.3) is 6.08 Å². The van der Waals surface area contributed by atoms with E-state index >= 15 is 0 Å². The van der Waals surface area contributed by atoms with Gasteiger partial charge >= 0.3 is 0 Å². The second-order valence-electron chi connectivity index (χ2n) is 5.77. The van der Waals surface area contributed by atoms with Crippen molar-refractivity contribution in [3.05, 3.63) is 23.8 Å². The molecular formula is C17H22N2O4. The lowest BCUT2D eigenvalue weighted by molar-refractivity contribution is -0.127. The highest BCUT2D eigenvalue weighted by Gasteiger charge is 2.20. The molecule has 1 saturated heterocycles. The molecule has 1 unspecified atom stereocenters. The number of nitrogens with two attached hydrogens (primary N) is 1. The number of nitrogens with zero attached hydrogens (tertiary/aromatic N) is 1. The number of methoxy groups -OCH3 is 1. The van der Waals surface area contributed by atoms with Crippen molar-refractivity contribution < 1.29 is 19.0 Å². The van der Waals surface area contributed by atoms with Crippen LogP contribution in [0.2, 0.25) is 0 Å². The van der Waals surface area contributed by atoms with Crippen molar-refractivity contribution in [3.63, 3.8) is 0 Å². The van der Waals surface area contributed by atoms with Gasteiger partial charge in [0.15, 0.2) is 11.5 Å². The third-order valence-corrected chi connectivity index (χ3v) is 4.04. The summed E-state index contributed by atoms with van der Waals surface area (Å²) in [7, 11) is 1.58. The maximum absolute atomic E-state index is 12.3. The Morgan fingerprint density at radius 2 is 2.22 bits per heavy atom. The smallest absolute Gasteiger partial charge is 0.246 e. The molecular weight excluding hydrogens is 296 g/mol. The van der Waals surface area contributed by atoms with E-state index < -0.39 is 0 Å². The van der Waals surface area contributed by atoms with E-state index in [2.05, 4.69) is 0 Å². The Balaban J connectivity index is 1.75. The Morgan fingerprint density at radius 3 is 3.00 bits per heavy atom. The molecule has 1 atom stereocenters. The van der Waals surface area contributed by atoms with E-state index in [9.17, 15) is 4.79 Å². The lowest BCUT2D eigenvalue weighted by atomic mass is 10.1. The average Bonchev–Trinajstić information content (AvgIpc) is 2.58. The highest BCUT2D eigenvalue weighted by Crippen LogP contribution is 2.40. The van der Waals surface area contributed by atoms with Gasteiger partial charge in [-0.1, -0.05) is 0 Å². The molecule has 0 bridgehead atoms. The van der Waals surface area contributed by atoms with E-state index in [-0.39, 0.29) is 11.9 Å². The molecule has 124 valence electrons. The number of piperidine rings is 1. The molecule has 23 heavy (non-hydrogen) atoms. The molecule has 1 fully saturated rings. The summed E-state index contributed by atoms with van der Waals surface area (Å²) in [5, 5.41) is 0. The highest BCUT2D eigenvalue weighted by molar-refractivity contribution is 5.92. The molecule has 6 heteroatoms. The van der Waals surface area contributed by atoms with Crippen LogP contribution in [-0.2, 0) is 4.79 Å². The number of amides is 1. The van der Waals surface area contributed by atoms with Crippen molar-refractivity contribution in [2.75, 3.05) is 33.4 Å². The summed E-state index contributed by atoms with van der Waals surface area (Å²) in [6, 6.07) is 3.76. The first kappa shape index (κ1) is 15.7. The van der Waals surface area contributed by atoms with E-state index in [0.29, 0.717) is 37.0 Å². The molecule has 0 aromatic heterocycles. The van der Waals surface area contributed by atoms with Gasteiger partial charge in [0.2, 0.25) is 11.7 Å². The minimum atomic E-state index is -0.0194. The summed E-state index contributed by atoms with van der Waals surface area (Å²) in [5.74, 6) is 1.84. The Kier molecular flexibility index (Phi) is 4.71. The van der Waals surface area contributed by atoms with Crippen LogP contribution >= 0.6 is 0 Å². The Hall–Kier alpha value is -2.21. The Morgan fingerprint density at radius 1 is 1.39 bits per heavy atom. The van der Waals surface area contributed by atoms with E-state index in [1.54, 1.807) is 24.2 Å². The fraction of sp³-hybridized carbons (Fsp3) is 0.471. The van der Waals surface area contributed by atoms with Crippen molar-refractivity contribution >= 4 is 12.0 Å². The molecule has 0 saturated carbocycles. The van der Waals surface area contributed by atoms with Crippen LogP contribution in [0.5, 0.6) is 17.2 Å². The Bertz CT molecular complexity index is 598. The van der Waals surface area contributed by atoms with Crippen molar-refractivity contribution in [1.29, 1.82) is 0 Å². The van der Waals surface area contributed by atoms with Crippen molar-refractivity contribution in [3.8, 4) is 17.2 Å². The molecule has 3 rings (SSSR count). The van der Waals surface area contributed by atoms with Crippen molar-refractivity contribution in [1.82, 2.24) is 4.90 Å². The third-order valence-electron chi connectivity index (χ3n) is 4.04. The number of benzene rings is 1. The van der Waals surface area contributed by atoms with E-state index in [4.69, 9.17) is 19.9 Å². The molecule has 1 amide bonds. The number of fused-ring (bicyclic) bond motifs is 1. The zero-order valence-electron chi connectivity index (χ0n) is 13.3. The van der Waals surface area contributed by atoms with E-state index in [1.807, 2.05) is 12.1 Å². The fourth-order valence-electron chi connectivity index (χ4n) is 2.87. The largest absolute Gasteiger partial charge is 0.493 e. The van der Waals surface area contributed by atoms with Gasteiger partial charge in [0.25, 0.3) is 0 Å². The average molecular weight is 318 g/mol. The van der Waals surface area contributed by atoms with Crippen LogP contribution in [-0.4, -0.2) is 50.3 Å². The van der Waals surface area contributed by atoms with Gasteiger partial charge in [0.1, 0.15) is 13.2 Å². The number of hydrogen-bond donors (Lipinski definition) is 1. The summed E-state index contributed by atoms with van der Waals surface area (Å²) in [6.45, 7) is 2.40. The lowest BCUT2D eigenvalue weighted by Crippen LogP contribution is -2.45. The first-order valence-corrected chi connectivity index (χ1v) is 7.87. The molecule has 2 aliphatic heterocycles. The van der Waals surface area contributed by atoms with Gasteiger partial charge in [-0.25, -0.2) is 0 Å². The summed E-state index contributed by atoms with van der Waals surface area (Å²) in [4.78, 5) is 14.0. The van der Waals surface area contributed by atoms with E-state index in [0.717, 1.165) is 24.9 Å². The van der Waals surface area contributed by atoms with Gasteiger partial charge in [-0.15, -0.1) is 0 Å². The molecule has 0 aliphatic carbocycles. The molecule has 2 aliphatic rings. The van der Waals surface area contributed by atoms with Gasteiger partial charge in [-0.3, -0.25) is 4.79 Å². The summed E-state index contributed by atoms with van der Waals surface area (Å²) in [6.07, 6.45) is 5.28. The standard InChI is InChI=1S/C17H22N2O4/c1-21-14-9-12(10-15-17(14)23-8-7-22-15)4-5-16(20)19-6-2-3-13(18)11-19/h4-5,9-10,13H,2-3,6-8,11,18H2,1H3. The summed E-state index contributed by atoms with van der Waals surface area (Å²) < 4.78 is 16.5. The summed E-state index contributed by atoms with van der Waals surface area (Å²) in [5.41, 5.74) is 6.75. The number of hydrogen-bond acceptors (Lipinski definition) is 5. The molecule has 0 spiro atoms. The predicted octanol–water partition coefficient (Wildman–Crippen LogP) is 1.43. The quantitative estimate of drug-likeness (QED) is 0.854. The van der Waals surface area contributed by atoms with Gasteiger partial charge in [0.05, 0.1) is 7.11 Å². The summed E-state index contributed by atoms with van der Waals surface area (Å²) >= 11 is 0. The topological polar surface area (TPSA) is 74.0 Å². The van der Waals surface area contributed by atoms with Crippen molar-refractivity contribution in [2.45, 2.75) is 18.9 Å². The zero-order chi connectivity index (χ0) is 16.2. The van der Waals surface area contributed by atoms with Crippen LogP contribution in [0.4, 0.5) is 0 Å². The van der Waals surface area contributed by atoms with Gasteiger partial charge in [-0.2, -0.15) is 0 Å². The maximum atomic E-state index is 12.3. The highest BCUT2D eigenvalue weighted by atomic mass is 16.6. The SMILES string of the molecule is COc1cc(C=CC(=O)N2CCCC(N)C2)cc2c1OCCO2. The fourth-order valence-corrected chi connectivity index (χ4v) is 2.87. The van der Waals surface area contributed by atoms with Gasteiger partial charge in [0, 0.05) is 25.2 Å². The molecule has 0 radical (unpaired) electrons. The molecule has 1 aromatic carbocycles. The number of carbonyl (C=O) groups excluding carboxylic acids is 1. The Labute approximate surface area is 135 Å². The van der Waals surface area contributed by atoms with Crippen LogP contribution in [0.15, 0.2) is 18.2 Å². The number of ether oxygens (including phenoxy) is 3. The van der Waals surface area contributed by atoms with Crippen LogP contribution < -0.4 is 19.9 Å². The molecule has 6 nitrogen and oxygen atoms in total. The number of carbonyl (C=O) groups is 1. The second kappa shape index (κ2) is 6.91. The molecule has 1 aromatic rings. The zero-order valence-corrected chi connectivity index (χ0v) is 13.3. The molecule has 2 heterocycles. The van der Waals surface area contributed by atoms with Gasteiger partial charge in [-0.05, 0) is 36.6 Å². The monoisotopic (exact) mass is 318 g/mol. The minimum Gasteiger partial charge on any atom is -0.493 e. The molecule has 2 N–H and O–H groups in total. The van der Waals surface area contributed by atoms with Crippen molar-refractivity contribution in [2.24, 2.45) is 5.73 Å². The minimum absolute atomic E-state index is 0.0194. The maximum Gasteiger partial charge on any atom is 0.246 e. The number of likely N-dealkylation sites (tertiary alicyclic amines) is 1.